The van der Waals surface area contributed by atoms with Gasteiger partial charge in [-0.1, -0.05) is 23.2 Å². The van der Waals surface area contributed by atoms with E-state index < -0.39 is 24.0 Å². The minimum atomic E-state index is -0.906. The zero-order chi connectivity index (χ0) is 15.6. The molecule has 7 heteroatoms. The standard InChI is InChI=1S/C14H7BrCl2F2O2/c15-10-4-8(18)5-12(19)14(10)21-6-13(20)9-2-1-7(16)3-11(9)17/h1-5H,6H2. The van der Waals surface area contributed by atoms with Crippen LogP contribution in [0.15, 0.2) is 34.8 Å². The molecule has 0 heterocycles. The van der Waals surface area contributed by atoms with Gasteiger partial charge in [-0.25, -0.2) is 8.78 Å². The van der Waals surface area contributed by atoms with Crippen molar-refractivity contribution in [3.05, 3.63) is 62.0 Å². The number of ether oxygens (including phenoxy) is 1. The van der Waals surface area contributed by atoms with Crippen molar-refractivity contribution in [2.24, 2.45) is 0 Å². The Labute approximate surface area is 137 Å². The summed E-state index contributed by atoms with van der Waals surface area (Å²) in [7, 11) is 0. The SMILES string of the molecule is O=C(COc1c(F)cc(F)cc1Br)c1ccc(Cl)cc1Cl. The summed E-state index contributed by atoms with van der Waals surface area (Å²) in [6.45, 7) is -0.442. The second-order valence-electron chi connectivity index (χ2n) is 4.03. The average Bonchev–Trinajstić information content (AvgIpc) is 2.36. The van der Waals surface area contributed by atoms with Crippen LogP contribution in [0.2, 0.25) is 10.0 Å². The van der Waals surface area contributed by atoms with Crippen LogP contribution in [-0.2, 0) is 0 Å². The molecule has 0 fully saturated rings. The lowest BCUT2D eigenvalue weighted by Gasteiger charge is -2.09. The Kier molecular flexibility index (Phi) is 5.19. The summed E-state index contributed by atoms with van der Waals surface area (Å²) in [6, 6.07) is 6.09. The van der Waals surface area contributed by atoms with Crippen molar-refractivity contribution in [3.8, 4) is 5.75 Å². The van der Waals surface area contributed by atoms with Crippen LogP contribution in [0.25, 0.3) is 0 Å². The van der Waals surface area contributed by atoms with E-state index >= 15 is 0 Å². The van der Waals surface area contributed by atoms with Gasteiger partial charge in [-0.15, -0.1) is 0 Å². The van der Waals surface area contributed by atoms with E-state index in [-0.39, 0.29) is 20.8 Å². The van der Waals surface area contributed by atoms with E-state index in [1.165, 1.54) is 18.2 Å². The molecule has 0 aliphatic heterocycles. The first-order chi connectivity index (χ1) is 9.88. The maximum Gasteiger partial charge on any atom is 0.201 e. The van der Waals surface area contributed by atoms with Crippen molar-refractivity contribution in [2.45, 2.75) is 0 Å². The lowest BCUT2D eigenvalue weighted by Crippen LogP contribution is -2.13. The second-order valence-corrected chi connectivity index (χ2v) is 5.73. The summed E-state index contributed by atoms with van der Waals surface area (Å²) in [5, 5.41) is 0.569. The highest BCUT2D eigenvalue weighted by atomic mass is 79.9. The molecular weight excluding hydrogens is 389 g/mol. The van der Waals surface area contributed by atoms with E-state index in [2.05, 4.69) is 15.9 Å². The Morgan fingerprint density at radius 3 is 2.52 bits per heavy atom. The third kappa shape index (κ3) is 3.93. The summed E-state index contributed by atoms with van der Waals surface area (Å²) in [5.74, 6) is -2.35. The van der Waals surface area contributed by atoms with Gasteiger partial charge < -0.3 is 4.74 Å². The Balaban J connectivity index is 2.15. The topological polar surface area (TPSA) is 26.3 Å². The van der Waals surface area contributed by atoms with Gasteiger partial charge in [0.15, 0.2) is 18.2 Å². The molecular formula is C14H7BrCl2F2O2. The minimum absolute atomic E-state index is 0.0787. The van der Waals surface area contributed by atoms with E-state index in [1.807, 2.05) is 0 Å². The zero-order valence-corrected chi connectivity index (χ0v) is 13.4. The van der Waals surface area contributed by atoms with Crippen LogP contribution in [0.4, 0.5) is 8.78 Å². The fourth-order valence-corrected chi connectivity index (χ4v) is 2.63. The van der Waals surface area contributed by atoms with Gasteiger partial charge >= 0.3 is 0 Å². The fraction of sp³-hybridized carbons (Fsp3) is 0.0714. The molecule has 0 N–H and O–H groups in total. The molecule has 2 rings (SSSR count). The molecule has 0 saturated heterocycles. The monoisotopic (exact) mass is 394 g/mol. The normalized spacial score (nSPS) is 10.5. The lowest BCUT2D eigenvalue weighted by molar-refractivity contribution is 0.0918. The molecule has 0 aromatic heterocycles. The maximum atomic E-state index is 13.5. The molecule has 2 nitrogen and oxygen atoms in total. The first-order valence-electron chi connectivity index (χ1n) is 5.64. The van der Waals surface area contributed by atoms with Gasteiger partial charge in [0.05, 0.1) is 9.50 Å². The van der Waals surface area contributed by atoms with Crippen molar-refractivity contribution >= 4 is 44.9 Å². The van der Waals surface area contributed by atoms with Crippen molar-refractivity contribution < 1.29 is 18.3 Å². The molecule has 2 aromatic carbocycles. The number of rotatable bonds is 4. The number of halogens is 5. The van der Waals surface area contributed by atoms with Gasteiger partial charge in [-0.3, -0.25) is 4.79 Å². The van der Waals surface area contributed by atoms with Crippen LogP contribution >= 0.6 is 39.1 Å². The Bertz CT molecular complexity index is 684. The fourth-order valence-electron chi connectivity index (χ4n) is 1.60. The molecule has 0 aliphatic rings. The van der Waals surface area contributed by atoms with Crippen molar-refractivity contribution in [3.63, 3.8) is 0 Å². The van der Waals surface area contributed by atoms with Gasteiger partial charge in [0.2, 0.25) is 5.78 Å². The number of hydrogen-bond acceptors (Lipinski definition) is 2. The summed E-state index contributed by atoms with van der Waals surface area (Å²) in [6.07, 6.45) is 0. The van der Waals surface area contributed by atoms with Gasteiger partial charge in [0.25, 0.3) is 0 Å². The zero-order valence-electron chi connectivity index (χ0n) is 10.3. The summed E-state index contributed by atoms with van der Waals surface area (Å²) in [5.41, 5.74) is 0.208. The number of Topliss-reactive ketones (excluding diaryl/α,β-unsaturated/α-hetero) is 1. The summed E-state index contributed by atoms with van der Waals surface area (Å²) >= 11 is 14.6. The lowest BCUT2D eigenvalue weighted by atomic mass is 10.1. The Morgan fingerprint density at radius 2 is 1.90 bits per heavy atom. The van der Waals surface area contributed by atoms with Gasteiger partial charge in [-0.05, 0) is 40.2 Å². The number of benzene rings is 2. The van der Waals surface area contributed by atoms with Crippen LogP contribution in [0.1, 0.15) is 10.4 Å². The predicted octanol–water partition coefficient (Wildman–Crippen LogP) is 5.30. The summed E-state index contributed by atoms with van der Waals surface area (Å²) in [4.78, 5) is 12.0. The molecule has 0 atom stereocenters. The van der Waals surface area contributed by atoms with Gasteiger partial charge in [-0.2, -0.15) is 0 Å². The number of carbonyl (C=O) groups excluding carboxylic acids is 1. The van der Waals surface area contributed by atoms with E-state index in [4.69, 9.17) is 27.9 Å². The Morgan fingerprint density at radius 1 is 1.19 bits per heavy atom. The molecule has 110 valence electrons. The van der Waals surface area contributed by atoms with Gasteiger partial charge in [0, 0.05) is 16.7 Å². The van der Waals surface area contributed by atoms with E-state index in [1.54, 1.807) is 0 Å². The average molecular weight is 396 g/mol. The van der Waals surface area contributed by atoms with Crippen molar-refractivity contribution in [1.29, 1.82) is 0 Å². The van der Waals surface area contributed by atoms with Crippen LogP contribution in [0.5, 0.6) is 5.75 Å². The summed E-state index contributed by atoms with van der Waals surface area (Å²) < 4.78 is 31.7. The van der Waals surface area contributed by atoms with E-state index in [0.29, 0.717) is 11.1 Å². The quantitative estimate of drug-likeness (QED) is 0.657. The van der Waals surface area contributed by atoms with Gasteiger partial charge in [0.1, 0.15) is 5.82 Å². The number of carbonyl (C=O) groups is 1. The highest BCUT2D eigenvalue weighted by molar-refractivity contribution is 9.10. The molecule has 0 saturated carbocycles. The van der Waals surface area contributed by atoms with Crippen LogP contribution in [0, 0.1) is 11.6 Å². The largest absolute Gasteiger partial charge is 0.481 e. The van der Waals surface area contributed by atoms with Crippen molar-refractivity contribution in [2.75, 3.05) is 6.61 Å². The van der Waals surface area contributed by atoms with Crippen molar-refractivity contribution in [1.82, 2.24) is 0 Å². The van der Waals surface area contributed by atoms with E-state index in [0.717, 1.165) is 6.07 Å². The molecule has 0 radical (unpaired) electrons. The molecule has 2 aromatic rings. The molecule has 21 heavy (non-hydrogen) atoms. The molecule has 0 spiro atoms. The molecule has 0 aliphatic carbocycles. The van der Waals surface area contributed by atoms with Crippen LogP contribution in [0.3, 0.4) is 0 Å². The highest BCUT2D eigenvalue weighted by Gasteiger charge is 2.15. The van der Waals surface area contributed by atoms with Crippen LogP contribution in [-0.4, -0.2) is 12.4 Å². The second kappa shape index (κ2) is 6.73. The molecule has 0 amide bonds. The smallest absolute Gasteiger partial charge is 0.201 e. The number of ketones is 1. The maximum absolute atomic E-state index is 13.5. The molecule has 0 bridgehead atoms. The number of hydrogen-bond donors (Lipinski definition) is 0. The minimum Gasteiger partial charge on any atom is -0.481 e. The van der Waals surface area contributed by atoms with E-state index in [9.17, 15) is 13.6 Å². The molecule has 0 unspecified atom stereocenters. The highest BCUT2D eigenvalue weighted by Crippen LogP contribution is 2.29. The third-order valence-corrected chi connectivity index (χ3v) is 3.68. The first kappa shape index (κ1) is 16.2. The van der Waals surface area contributed by atoms with Crippen LogP contribution < -0.4 is 4.74 Å². The third-order valence-electron chi connectivity index (χ3n) is 2.54. The first-order valence-corrected chi connectivity index (χ1v) is 7.19. The predicted molar refractivity (Wildman–Crippen MR) is 80.3 cm³/mol. The Hall–Kier alpha value is -1.17.